The first kappa shape index (κ1) is 8.18. The molecule has 8 heavy (non-hydrogen) atoms. The van der Waals surface area contributed by atoms with Gasteiger partial charge in [0.2, 0.25) is 9.04 Å². The van der Waals surface area contributed by atoms with Crippen LogP contribution in [0.2, 0.25) is 11.1 Å². The van der Waals surface area contributed by atoms with Crippen molar-refractivity contribution in [2.24, 2.45) is 0 Å². The van der Waals surface area contributed by atoms with Crippen molar-refractivity contribution in [3.05, 3.63) is 0 Å². The highest BCUT2D eigenvalue weighted by atomic mass is 28.3. The first-order valence-corrected chi connectivity index (χ1v) is 4.71. The number of hydrogen-bond donors (Lipinski definition) is 1. The monoisotopic (exact) mass is 131 g/mol. The van der Waals surface area contributed by atoms with E-state index in [1.54, 1.807) is 0 Å². The van der Waals surface area contributed by atoms with Crippen LogP contribution in [0, 0.1) is 0 Å². The topological polar surface area (TPSA) is 20.2 Å². The Balaban J connectivity index is 3.46. The van der Waals surface area contributed by atoms with E-state index in [9.17, 15) is 4.80 Å². The smallest absolute Gasteiger partial charge is 0.212 e. The van der Waals surface area contributed by atoms with Crippen molar-refractivity contribution in [3.8, 4) is 0 Å². The third kappa shape index (κ3) is 2.48. The predicted octanol–water partition coefficient (Wildman–Crippen LogP) is 1.79. The van der Waals surface area contributed by atoms with Crippen LogP contribution in [0.4, 0.5) is 0 Å². The average molecular weight is 131 g/mol. The summed E-state index contributed by atoms with van der Waals surface area (Å²) in [6, 6.07) is 0. The third-order valence-corrected chi connectivity index (χ3v) is 3.55. The van der Waals surface area contributed by atoms with Crippen molar-refractivity contribution in [2.75, 3.05) is 0 Å². The Morgan fingerprint density at radius 1 is 1.00 bits per heavy atom. The Hall–Kier alpha value is 0.177. The van der Waals surface area contributed by atoms with Gasteiger partial charge in [-0.15, -0.1) is 0 Å². The summed E-state index contributed by atoms with van der Waals surface area (Å²) in [5, 5.41) is 0. The zero-order chi connectivity index (χ0) is 6.73. The van der Waals surface area contributed by atoms with Crippen molar-refractivity contribution in [1.82, 2.24) is 0 Å². The fourth-order valence-electron chi connectivity index (χ4n) is 0.667. The van der Waals surface area contributed by atoms with E-state index >= 15 is 0 Å². The van der Waals surface area contributed by atoms with Gasteiger partial charge in [0.1, 0.15) is 0 Å². The van der Waals surface area contributed by atoms with Crippen LogP contribution < -0.4 is 0 Å². The summed E-state index contributed by atoms with van der Waals surface area (Å²) >= 11 is 0. The molecule has 0 aliphatic rings. The number of rotatable bonds is 2. The van der Waals surface area contributed by atoms with Crippen LogP contribution in [-0.2, 0) is 0 Å². The summed E-state index contributed by atoms with van der Waals surface area (Å²) in [4.78, 5) is 9.31. The van der Waals surface area contributed by atoms with Gasteiger partial charge in [0.05, 0.1) is 0 Å². The Morgan fingerprint density at radius 2 is 1.25 bits per heavy atom. The molecule has 2 heteroatoms. The molecule has 0 unspecified atom stereocenters. The highest BCUT2D eigenvalue weighted by Crippen LogP contribution is 2.16. The molecule has 1 radical (unpaired) electrons. The molecule has 0 aliphatic heterocycles. The summed E-state index contributed by atoms with van der Waals surface area (Å²) in [5.41, 5.74) is 1.000. The Kier molecular flexibility index (Phi) is 3.32. The second-order valence-electron chi connectivity index (χ2n) is 2.73. The Morgan fingerprint density at radius 3 is 1.25 bits per heavy atom. The molecular weight excluding hydrogens is 116 g/mol. The van der Waals surface area contributed by atoms with E-state index in [4.69, 9.17) is 0 Å². The zero-order valence-corrected chi connectivity index (χ0v) is 7.10. The van der Waals surface area contributed by atoms with Gasteiger partial charge in [-0.1, -0.05) is 27.7 Å². The number of hydrogen-bond acceptors (Lipinski definition) is 1. The van der Waals surface area contributed by atoms with Gasteiger partial charge in [0, 0.05) is 0 Å². The molecule has 0 aromatic carbocycles. The van der Waals surface area contributed by atoms with E-state index in [0.717, 1.165) is 0 Å². The minimum atomic E-state index is -1.02. The highest BCUT2D eigenvalue weighted by molar-refractivity contribution is 6.53. The van der Waals surface area contributed by atoms with E-state index in [1.807, 2.05) is 0 Å². The molecule has 0 aromatic rings. The fourth-order valence-corrected chi connectivity index (χ4v) is 2.00. The molecule has 49 valence electrons. The van der Waals surface area contributed by atoms with Crippen LogP contribution in [0.25, 0.3) is 0 Å². The summed E-state index contributed by atoms with van der Waals surface area (Å²) in [6.45, 7) is 8.31. The van der Waals surface area contributed by atoms with Crippen molar-refractivity contribution in [1.29, 1.82) is 0 Å². The van der Waals surface area contributed by atoms with Crippen molar-refractivity contribution >= 4 is 9.04 Å². The Labute approximate surface area is 53.5 Å². The molecular formula is C6H15OSi. The average Bonchev–Trinajstić information content (AvgIpc) is 1.64. The van der Waals surface area contributed by atoms with Crippen molar-refractivity contribution in [2.45, 2.75) is 38.8 Å². The second-order valence-corrected chi connectivity index (χ2v) is 5.89. The lowest BCUT2D eigenvalue weighted by Gasteiger charge is -2.13. The van der Waals surface area contributed by atoms with Crippen LogP contribution in [0.15, 0.2) is 0 Å². The molecule has 0 fully saturated rings. The van der Waals surface area contributed by atoms with Crippen molar-refractivity contribution in [3.63, 3.8) is 0 Å². The van der Waals surface area contributed by atoms with E-state index in [1.165, 1.54) is 0 Å². The van der Waals surface area contributed by atoms with Gasteiger partial charge in [-0.25, -0.2) is 0 Å². The van der Waals surface area contributed by atoms with Crippen molar-refractivity contribution < 1.29 is 4.80 Å². The maximum Gasteiger partial charge on any atom is 0.212 e. The largest absolute Gasteiger partial charge is 0.431 e. The molecule has 0 bridgehead atoms. The lowest BCUT2D eigenvalue weighted by molar-refractivity contribution is 0.536. The Bertz CT molecular complexity index is 53.5. The molecule has 1 N–H and O–H groups in total. The maximum atomic E-state index is 9.31. The second kappa shape index (κ2) is 3.25. The summed E-state index contributed by atoms with van der Waals surface area (Å²) in [6.07, 6.45) is 0. The molecule has 0 atom stereocenters. The van der Waals surface area contributed by atoms with Crippen LogP contribution in [0.5, 0.6) is 0 Å². The van der Waals surface area contributed by atoms with Gasteiger partial charge < -0.3 is 4.80 Å². The van der Waals surface area contributed by atoms with E-state index in [0.29, 0.717) is 11.1 Å². The van der Waals surface area contributed by atoms with E-state index < -0.39 is 9.04 Å². The molecule has 0 aliphatic carbocycles. The zero-order valence-electron chi connectivity index (χ0n) is 6.10. The summed E-state index contributed by atoms with van der Waals surface area (Å²) in [5.74, 6) is 0. The predicted molar refractivity (Wildman–Crippen MR) is 38.2 cm³/mol. The molecule has 0 saturated carbocycles. The molecule has 0 rings (SSSR count). The van der Waals surface area contributed by atoms with Gasteiger partial charge >= 0.3 is 0 Å². The molecule has 0 saturated heterocycles. The van der Waals surface area contributed by atoms with Gasteiger partial charge in [0.15, 0.2) is 0 Å². The van der Waals surface area contributed by atoms with Crippen LogP contribution >= 0.6 is 0 Å². The lowest BCUT2D eigenvalue weighted by atomic mass is 10.5. The minimum Gasteiger partial charge on any atom is -0.431 e. The summed E-state index contributed by atoms with van der Waals surface area (Å²) < 4.78 is 0. The van der Waals surface area contributed by atoms with E-state index in [2.05, 4.69) is 27.7 Å². The highest BCUT2D eigenvalue weighted by Gasteiger charge is 2.16. The van der Waals surface area contributed by atoms with Crippen LogP contribution in [0.1, 0.15) is 27.7 Å². The fraction of sp³-hybridized carbons (Fsp3) is 1.00. The molecule has 0 spiro atoms. The van der Waals surface area contributed by atoms with E-state index in [-0.39, 0.29) is 0 Å². The first-order chi connectivity index (χ1) is 3.55. The molecule has 0 aromatic heterocycles. The van der Waals surface area contributed by atoms with Gasteiger partial charge in [-0.3, -0.25) is 0 Å². The van der Waals surface area contributed by atoms with Gasteiger partial charge in [0.25, 0.3) is 0 Å². The third-order valence-electron chi connectivity index (χ3n) is 1.18. The summed E-state index contributed by atoms with van der Waals surface area (Å²) in [7, 11) is -1.02. The minimum absolute atomic E-state index is 0.500. The quantitative estimate of drug-likeness (QED) is 0.566. The van der Waals surface area contributed by atoms with Crippen LogP contribution in [-0.4, -0.2) is 13.8 Å². The maximum absolute atomic E-state index is 9.31. The SMILES string of the molecule is CC(C)[Si](O)C(C)C. The lowest BCUT2D eigenvalue weighted by Crippen LogP contribution is -2.19. The normalized spacial score (nSPS) is 12.0. The molecule has 0 heterocycles. The molecule has 1 nitrogen and oxygen atoms in total. The molecule has 0 amide bonds. The van der Waals surface area contributed by atoms with Gasteiger partial charge in [-0.05, 0) is 11.1 Å². The first-order valence-electron chi connectivity index (χ1n) is 3.11. The van der Waals surface area contributed by atoms with Crippen LogP contribution in [0.3, 0.4) is 0 Å². The van der Waals surface area contributed by atoms with Gasteiger partial charge in [-0.2, -0.15) is 0 Å². The standard InChI is InChI=1S/C6H15OSi/c1-5(2)8(7)6(3)4/h5-7H,1-4H3.